The lowest BCUT2D eigenvalue weighted by Gasteiger charge is -2.59. The highest BCUT2D eigenvalue weighted by Crippen LogP contribution is 2.67. The number of carbonyl (C=O) groups is 2. The van der Waals surface area contributed by atoms with Crippen LogP contribution in [0, 0.1) is 28.6 Å². The molecule has 4 N–H and O–H groups in total. The molecule has 0 bridgehead atoms. The Hall–Kier alpha value is -3.13. The molecule has 41 heavy (non-hydrogen) atoms. The Morgan fingerprint density at radius 1 is 1.10 bits per heavy atom. The third kappa shape index (κ3) is 4.78. The van der Waals surface area contributed by atoms with Crippen molar-refractivity contribution >= 4 is 28.5 Å². The molecule has 220 valence electrons. The number of benzene rings is 1. The topological polar surface area (TPSA) is 124 Å². The lowest BCUT2D eigenvalue weighted by Crippen LogP contribution is -2.53. The van der Waals surface area contributed by atoms with Gasteiger partial charge in [0.15, 0.2) is 6.61 Å². The highest BCUT2D eigenvalue weighted by Gasteiger charge is 2.62. The first-order valence-electron chi connectivity index (χ1n) is 15.2. The Balaban J connectivity index is 1.07. The number of rotatable bonds is 7. The summed E-state index contributed by atoms with van der Waals surface area (Å²) in [6.07, 6.45) is 12.4. The van der Waals surface area contributed by atoms with Crippen molar-refractivity contribution in [3.05, 3.63) is 47.7 Å². The standard InChI is InChI=1S/C33H43N3O5/c1-31-13-10-22(17-21(31)8-9-24-25(31)11-14-32(2)26(24)12-15-33(32,3)40)36-41-19-29(37)35-28(30(38)39)16-20-18-34-27-7-5-4-6-23(20)27/h4-7,17-18,24-26,28,34,40H,8-16,19H2,1-3H3,(H,35,37)(H,38,39)/b36-22+/t24?,25?,26?,28?,31-,32-,33-/m1/s1. The van der Waals surface area contributed by atoms with Crippen LogP contribution in [-0.4, -0.2) is 51.0 Å². The summed E-state index contributed by atoms with van der Waals surface area (Å²) in [6.45, 7) is 6.48. The van der Waals surface area contributed by atoms with Crippen molar-refractivity contribution in [3.63, 3.8) is 0 Å². The van der Waals surface area contributed by atoms with Crippen LogP contribution in [0.3, 0.4) is 0 Å². The van der Waals surface area contributed by atoms with Gasteiger partial charge < -0.3 is 25.4 Å². The molecule has 8 heteroatoms. The number of amides is 1. The van der Waals surface area contributed by atoms with E-state index in [2.05, 4.69) is 42.3 Å². The van der Waals surface area contributed by atoms with Gasteiger partial charge in [0.1, 0.15) is 6.04 Å². The quantitative estimate of drug-likeness (QED) is 0.339. The maximum Gasteiger partial charge on any atom is 0.326 e. The van der Waals surface area contributed by atoms with Crippen LogP contribution in [0.2, 0.25) is 0 Å². The minimum absolute atomic E-state index is 0.0243. The van der Waals surface area contributed by atoms with Gasteiger partial charge in [0.25, 0.3) is 5.91 Å². The molecule has 3 fully saturated rings. The molecule has 0 spiro atoms. The number of hydrogen-bond donors (Lipinski definition) is 4. The zero-order valence-corrected chi connectivity index (χ0v) is 24.4. The van der Waals surface area contributed by atoms with Gasteiger partial charge in [0.05, 0.1) is 11.3 Å². The molecule has 3 saturated carbocycles. The Labute approximate surface area is 241 Å². The van der Waals surface area contributed by atoms with Gasteiger partial charge in [0, 0.05) is 23.5 Å². The number of allylic oxidation sites excluding steroid dienone is 2. The molecular formula is C33H43N3O5. The number of nitrogens with one attached hydrogen (secondary N) is 2. The van der Waals surface area contributed by atoms with E-state index in [9.17, 15) is 19.8 Å². The smallest absolute Gasteiger partial charge is 0.326 e. The summed E-state index contributed by atoms with van der Waals surface area (Å²) >= 11 is 0. The van der Waals surface area contributed by atoms with Crippen molar-refractivity contribution in [3.8, 4) is 0 Å². The molecule has 2 aromatic rings. The number of nitrogens with zero attached hydrogens (tertiary/aromatic N) is 1. The Morgan fingerprint density at radius 2 is 1.88 bits per heavy atom. The van der Waals surface area contributed by atoms with Gasteiger partial charge in [-0.15, -0.1) is 0 Å². The van der Waals surface area contributed by atoms with Gasteiger partial charge in [0.2, 0.25) is 0 Å². The number of aromatic amines is 1. The third-order valence-corrected chi connectivity index (χ3v) is 11.6. The molecule has 0 saturated heterocycles. The minimum atomic E-state index is -1.09. The monoisotopic (exact) mass is 561 g/mol. The predicted octanol–water partition coefficient (Wildman–Crippen LogP) is 5.37. The first kappa shape index (κ1) is 28.0. The van der Waals surface area contributed by atoms with Crippen molar-refractivity contribution in [2.75, 3.05) is 6.61 Å². The molecule has 1 aromatic heterocycles. The van der Waals surface area contributed by atoms with Crippen LogP contribution in [0.15, 0.2) is 47.3 Å². The van der Waals surface area contributed by atoms with Crippen LogP contribution < -0.4 is 5.32 Å². The van der Waals surface area contributed by atoms with E-state index in [1.165, 1.54) is 5.57 Å². The predicted molar refractivity (Wildman–Crippen MR) is 157 cm³/mol. The van der Waals surface area contributed by atoms with E-state index in [1.807, 2.05) is 24.3 Å². The number of carbonyl (C=O) groups excluding carboxylic acids is 1. The number of oxime groups is 1. The molecule has 1 heterocycles. The van der Waals surface area contributed by atoms with Gasteiger partial charge in [-0.1, -0.05) is 42.8 Å². The summed E-state index contributed by atoms with van der Waals surface area (Å²) in [4.78, 5) is 33.0. The fourth-order valence-corrected chi connectivity index (χ4v) is 9.02. The zero-order chi connectivity index (χ0) is 29.0. The molecule has 4 aliphatic rings. The first-order valence-corrected chi connectivity index (χ1v) is 15.2. The molecular weight excluding hydrogens is 518 g/mol. The number of carboxylic acids is 1. The van der Waals surface area contributed by atoms with E-state index in [0.717, 1.165) is 73.5 Å². The lowest BCUT2D eigenvalue weighted by atomic mass is 9.46. The molecule has 7 atom stereocenters. The van der Waals surface area contributed by atoms with Crippen molar-refractivity contribution < 1.29 is 24.6 Å². The van der Waals surface area contributed by atoms with E-state index in [1.54, 1.807) is 6.20 Å². The lowest BCUT2D eigenvalue weighted by molar-refractivity contribution is -0.142. The summed E-state index contributed by atoms with van der Waals surface area (Å²) in [5, 5.41) is 28.7. The van der Waals surface area contributed by atoms with Crippen molar-refractivity contribution in [2.24, 2.45) is 33.7 Å². The molecule has 0 radical (unpaired) electrons. The van der Waals surface area contributed by atoms with E-state index in [4.69, 9.17) is 4.84 Å². The maximum absolute atomic E-state index is 12.6. The second kappa shape index (κ2) is 10.3. The molecule has 1 amide bonds. The van der Waals surface area contributed by atoms with Crippen LogP contribution in [0.5, 0.6) is 0 Å². The summed E-state index contributed by atoms with van der Waals surface area (Å²) in [7, 11) is 0. The Bertz CT molecular complexity index is 1410. The highest BCUT2D eigenvalue weighted by atomic mass is 16.6. The molecule has 8 nitrogen and oxygen atoms in total. The van der Waals surface area contributed by atoms with E-state index >= 15 is 0 Å². The van der Waals surface area contributed by atoms with Gasteiger partial charge in [-0.3, -0.25) is 4.79 Å². The molecule has 0 aliphatic heterocycles. The highest BCUT2D eigenvalue weighted by molar-refractivity contribution is 5.96. The van der Waals surface area contributed by atoms with Crippen LogP contribution in [-0.2, 0) is 20.8 Å². The van der Waals surface area contributed by atoms with Gasteiger partial charge in [-0.25, -0.2) is 4.79 Å². The zero-order valence-electron chi connectivity index (χ0n) is 24.4. The van der Waals surface area contributed by atoms with Crippen molar-refractivity contribution in [1.29, 1.82) is 0 Å². The molecule has 6 rings (SSSR count). The molecule has 4 aliphatic carbocycles. The van der Waals surface area contributed by atoms with Crippen LogP contribution >= 0.6 is 0 Å². The summed E-state index contributed by atoms with van der Waals surface area (Å²) in [5.74, 6) is 0.291. The Morgan fingerprint density at radius 3 is 2.68 bits per heavy atom. The fourth-order valence-electron chi connectivity index (χ4n) is 9.02. The minimum Gasteiger partial charge on any atom is -0.480 e. The number of para-hydroxylation sites is 1. The van der Waals surface area contributed by atoms with Crippen LogP contribution in [0.25, 0.3) is 10.9 Å². The average molecular weight is 562 g/mol. The van der Waals surface area contributed by atoms with Gasteiger partial charge in [-0.2, -0.15) is 0 Å². The maximum atomic E-state index is 12.6. The van der Waals surface area contributed by atoms with Gasteiger partial charge in [-0.05, 0) is 105 Å². The first-order chi connectivity index (χ1) is 19.5. The summed E-state index contributed by atoms with van der Waals surface area (Å²) in [5.41, 5.74) is 3.66. The van der Waals surface area contributed by atoms with Crippen LogP contribution in [0.1, 0.15) is 77.7 Å². The van der Waals surface area contributed by atoms with Crippen LogP contribution in [0.4, 0.5) is 0 Å². The van der Waals surface area contributed by atoms with Crippen molar-refractivity contribution in [2.45, 2.75) is 90.2 Å². The molecule has 4 unspecified atom stereocenters. The second-order valence-corrected chi connectivity index (χ2v) is 13.6. The average Bonchev–Trinajstić information content (AvgIpc) is 3.45. The number of H-pyrrole nitrogens is 1. The number of aliphatic carboxylic acids is 1. The number of aliphatic hydroxyl groups is 1. The number of aromatic nitrogens is 1. The number of hydrogen-bond acceptors (Lipinski definition) is 5. The summed E-state index contributed by atoms with van der Waals surface area (Å²) < 4.78 is 0. The summed E-state index contributed by atoms with van der Waals surface area (Å²) in [6, 6.07) is 6.62. The van der Waals surface area contributed by atoms with E-state index < -0.39 is 23.5 Å². The second-order valence-electron chi connectivity index (χ2n) is 13.6. The third-order valence-electron chi connectivity index (χ3n) is 11.6. The SMILES string of the molecule is C[C@@]12CC/C(=N\OCC(=O)NC(Cc3c[nH]c4ccccc34)C(=O)O)C=C1CCC1C2CC[C@]2(C)C1CC[C@@]2(C)O. The molecule has 1 aromatic carbocycles. The van der Waals surface area contributed by atoms with Gasteiger partial charge >= 0.3 is 5.97 Å². The number of carboxylic acid groups (broad SMARTS) is 1. The number of fused-ring (bicyclic) bond motifs is 6. The fraction of sp³-hybridized carbons (Fsp3) is 0.606. The Kier molecular flexibility index (Phi) is 7.04. The van der Waals surface area contributed by atoms with Crippen molar-refractivity contribution in [1.82, 2.24) is 10.3 Å². The largest absolute Gasteiger partial charge is 0.480 e. The normalized spacial score (nSPS) is 36.1. The van der Waals surface area contributed by atoms with E-state index in [-0.39, 0.29) is 23.9 Å². The van der Waals surface area contributed by atoms with E-state index in [0.29, 0.717) is 17.8 Å².